The van der Waals surface area contributed by atoms with Gasteiger partial charge in [0, 0.05) is 12.1 Å². The maximum atomic E-state index is 11.2. The van der Waals surface area contributed by atoms with Crippen molar-refractivity contribution in [3.05, 3.63) is 58.1 Å². The van der Waals surface area contributed by atoms with Crippen LogP contribution in [0.4, 0.5) is 5.69 Å². The lowest BCUT2D eigenvalue weighted by Crippen LogP contribution is -2.01. The van der Waals surface area contributed by atoms with Gasteiger partial charge in [-0.05, 0) is 30.3 Å². The van der Waals surface area contributed by atoms with Crippen LogP contribution in [-0.2, 0) is 0 Å². The number of aromatic carboxylic acids is 1. The van der Waals surface area contributed by atoms with Crippen molar-refractivity contribution in [2.24, 2.45) is 0 Å². The Morgan fingerprint density at radius 2 is 1.76 bits per heavy atom. The Morgan fingerprint density at radius 1 is 1.14 bits per heavy atom. The molecule has 0 radical (unpaired) electrons. The molecule has 0 bridgehead atoms. The van der Waals surface area contributed by atoms with Gasteiger partial charge >= 0.3 is 5.97 Å². The third kappa shape index (κ3) is 3.27. The zero-order valence-electron chi connectivity index (χ0n) is 11.0. The third-order valence-electron chi connectivity index (χ3n) is 2.69. The topological polar surface area (TPSA) is 98.9 Å². The highest BCUT2D eigenvalue weighted by Crippen LogP contribution is 2.29. The molecule has 1 N–H and O–H groups in total. The SMILES string of the molecule is COc1ccc(Oc2ccc([N+](=O)[O-])cc2C(=O)O)cc1. The monoisotopic (exact) mass is 289 g/mol. The summed E-state index contributed by atoms with van der Waals surface area (Å²) in [6.07, 6.45) is 0. The summed E-state index contributed by atoms with van der Waals surface area (Å²) >= 11 is 0. The predicted octanol–water partition coefficient (Wildman–Crippen LogP) is 3.09. The number of nitro benzene ring substituents is 1. The molecule has 0 aliphatic heterocycles. The molecule has 2 aromatic rings. The average Bonchev–Trinajstić information content (AvgIpc) is 2.48. The van der Waals surface area contributed by atoms with Gasteiger partial charge in [0.05, 0.1) is 12.0 Å². The van der Waals surface area contributed by atoms with Gasteiger partial charge in [0.25, 0.3) is 5.69 Å². The number of methoxy groups -OCH3 is 1. The second-order valence-electron chi connectivity index (χ2n) is 4.02. The molecule has 21 heavy (non-hydrogen) atoms. The molecule has 7 nitrogen and oxygen atoms in total. The van der Waals surface area contributed by atoms with Crippen molar-refractivity contribution in [2.45, 2.75) is 0 Å². The zero-order chi connectivity index (χ0) is 15.4. The van der Waals surface area contributed by atoms with Gasteiger partial charge in [-0.25, -0.2) is 4.79 Å². The summed E-state index contributed by atoms with van der Waals surface area (Å²) in [5.74, 6) is -0.253. The first-order valence-electron chi connectivity index (χ1n) is 5.85. The van der Waals surface area contributed by atoms with Crippen LogP contribution < -0.4 is 9.47 Å². The van der Waals surface area contributed by atoms with E-state index < -0.39 is 10.9 Å². The maximum Gasteiger partial charge on any atom is 0.339 e. The van der Waals surface area contributed by atoms with E-state index in [0.717, 1.165) is 6.07 Å². The number of hydrogen-bond acceptors (Lipinski definition) is 5. The highest BCUT2D eigenvalue weighted by Gasteiger charge is 2.17. The molecule has 108 valence electrons. The lowest BCUT2D eigenvalue weighted by molar-refractivity contribution is -0.384. The van der Waals surface area contributed by atoms with E-state index >= 15 is 0 Å². The van der Waals surface area contributed by atoms with E-state index in [1.165, 1.54) is 19.2 Å². The van der Waals surface area contributed by atoms with Crippen molar-refractivity contribution in [2.75, 3.05) is 7.11 Å². The number of benzene rings is 2. The van der Waals surface area contributed by atoms with Gasteiger partial charge in [-0.3, -0.25) is 10.1 Å². The van der Waals surface area contributed by atoms with Crippen molar-refractivity contribution in [1.82, 2.24) is 0 Å². The van der Waals surface area contributed by atoms with E-state index in [2.05, 4.69) is 0 Å². The average molecular weight is 289 g/mol. The molecule has 0 saturated carbocycles. The van der Waals surface area contributed by atoms with Crippen molar-refractivity contribution >= 4 is 11.7 Å². The van der Waals surface area contributed by atoms with Crippen LogP contribution in [0, 0.1) is 10.1 Å². The number of ether oxygens (including phenoxy) is 2. The molecule has 0 spiro atoms. The molecule has 7 heteroatoms. The molecule has 0 heterocycles. The fraction of sp³-hybridized carbons (Fsp3) is 0.0714. The minimum absolute atomic E-state index is 0.0262. The maximum absolute atomic E-state index is 11.2. The van der Waals surface area contributed by atoms with Crippen LogP contribution in [0.25, 0.3) is 0 Å². The molecular weight excluding hydrogens is 278 g/mol. The molecule has 0 fully saturated rings. The van der Waals surface area contributed by atoms with Crippen LogP contribution in [0.5, 0.6) is 17.2 Å². The first-order chi connectivity index (χ1) is 10.0. The van der Waals surface area contributed by atoms with Crippen LogP contribution in [0.2, 0.25) is 0 Å². The normalized spacial score (nSPS) is 9.95. The molecule has 2 rings (SSSR count). The molecule has 2 aromatic carbocycles. The van der Waals surface area contributed by atoms with E-state index in [9.17, 15) is 14.9 Å². The summed E-state index contributed by atoms with van der Waals surface area (Å²) in [6.45, 7) is 0. The Balaban J connectivity index is 2.34. The fourth-order valence-corrected chi connectivity index (χ4v) is 1.66. The molecule has 0 amide bonds. The first kappa shape index (κ1) is 14.3. The smallest absolute Gasteiger partial charge is 0.339 e. The standard InChI is InChI=1S/C14H11NO6/c1-20-10-3-5-11(6-4-10)21-13-7-2-9(15(18)19)8-12(13)14(16)17/h2-8H,1H3,(H,16,17). The molecule has 0 aliphatic carbocycles. The number of carboxylic acid groups (broad SMARTS) is 1. The van der Waals surface area contributed by atoms with Crippen molar-refractivity contribution in [3.63, 3.8) is 0 Å². The lowest BCUT2D eigenvalue weighted by atomic mass is 10.2. The van der Waals surface area contributed by atoms with Crippen molar-refractivity contribution in [3.8, 4) is 17.2 Å². The third-order valence-corrected chi connectivity index (χ3v) is 2.69. The summed E-state index contributed by atoms with van der Waals surface area (Å²) in [6, 6.07) is 9.92. The van der Waals surface area contributed by atoms with Crippen LogP contribution in [0.1, 0.15) is 10.4 Å². The number of carbonyl (C=O) groups is 1. The van der Waals surface area contributed by atoms with Gasteiger partial charge in [0.15, 0.2) is 0 Å². The number of rotatable bonds is 5. The number of nitrogens with zero attached hydrogens (tertiary/aromatic N) is 1. The van der Waals surface area contributed by atoms with E-state index in [1.807, 2.05) is 0 Å². The first-order valence-corrected chi connectivity index (χ1v) is 5.85. The highest BCUT2D eigenvalue weighted by molar-refractivity contribution is 5.91. The highest BCUT2D eigenvalue weighted by atomic mass is 16.6. The van der Waals surface area contributed by atoms with E-state index in [4.69, 9.17) is 14.6 Å². The van der Waals surface area contributed by atoms with Crippen LogP contribution in [0.15, 0.2) is 42.5 Å². The van der Waals surface area contributed by atoms with Gasteiger partial charge in [-0.1, -0.05) is 0 Å². The van der Waals surface area contributed by atoms with E-state index in [-0.39, 0.29) is 17.0 Å². The fourth-order valence-electron chi connectivity index (χ4n) is 1.66. The molecular formula is C14H11NO6. The number of carboxylic acids is 1. The molecule has 0 aromatic heterocycles. The summed E-state index contributed by atoms with van der Waals surface area (Å²) in [4.78, 5) is 21.2. The summed E-state index contributed by atoms with van der Waals surface area (Å²) in [7, 11) is 1.52. The largest absolute Gasteiger partial charge is 0.497 e. The van der Waals surface area contributed by atoms with E-state index in [0.29, 0.717) is 11.5 Å². The minimum atomic E-state index is -1.30. The van der Waals surface area contributed by atoms with Gasteiger partial charge < -0.3 is 14.6 Å². The Labute approximate surface area is 119 Å². The Bertz CT molecular complexity index is 680. The lowest BCUT2D eigenvalue weighted by Gasteiger charge is -2.09. The predicted molar refractivity (Wildman–Crippen MR) is 73.1 cm³/mol. The van der Waals surface area contributed by atoms with Gasteiger partial charge in [-0.15, -0.1) is 0 Å². The minimum Gasteiger partial charge on any atom is -0.497 e. The summed E-state index contributed by atoms with van der Waals surface area (Å²) < 4.78 is 10.4. The number of hydrogen-bond donors (Lipinski definition) is 1. The van der Waals surface area contributed by atoms with Crippen LogP contribution in [0.3, 0.4) is 0 Å². The second kappa shape index (κ2) is 5.91. The van der Waals surface area contributed by atoms with Gasteiger partial charge in [-0.2, -0.15) is 0 Å². The quantitative estimate of drug-likeness (QED) is 0.670. The Hall–Kier alpha value is -3.09. The molecule has 0 saturated heterocycles. The summed E-state index contributed by atoms with van der Waals surface area (Å²) in [5, 5.41) is 19.8. The molecule has 0 unspecified atom stereocenters. The Kier molecular flexibility index (Phi) is 4.03. The van der Waals surface area contributed by atoms with Crippen molar-refractivity contribution < 1.29 is 24.3 Å². The Morgan fingerprint density at radius 3 is 2.29 bits per heavy atom. The molecule has 0 atom stereocenters. The van der Waals surface area contributed by atoms with Gasteiger partial charge in [0.1, 0.15) is 22.8 Å². The summed E-state index contributed by atoms with van der Waals surface area (Å²) in [5.41, 5.74) is -0.588. The van der Waals surface area contributed by atoms with Crippen LogP contribution in [-0.4, -0.2) is 23.1 Å². The second-order valence-corrected chi connectivity index (χ2v) is 4.02. The molecule has 0 aliphatic rings. The van der Waals surface area contributed by atoms with Crippen molar-refractivity contribution in [1.29, 1.82) is 0 Å². The van der Waals surface area contributed by atoms with Crippen LogP contribution >= 0.6 is 0 Å². The van der Waals surface area contributed by atoms with E-state index in [1.54, 1.807) is 24.3 Å². The zero-order valence-corrected chi connectivity index (χ0v) is 11.0. The number of non-ortho nitro benzene ring substituents is 1. The van der Waals surface area contributed by atoms with Gasteiger partial charge in [0.2, 0.25) is 0 Å². The number of nitro groups is 1.